The lowest BCUT2D eigenvalue weighted by Crippen LogP contribution is -2.40. The van der Waals surface area contributed by atoms with Crippen molar-refractivity contribution in [1.82, 2.24) is 15.3 Å². The molecule has 0 aromatic carbocycles. The summed E-state index contributed by atoms with van der Waals surface area (Å²) in [5.74, 6) is 2.99. The second-order valence-electron chi connectivity index (χ2n) is 6.74. The number of nitrogens with one attached hydrogen (secondary N) is 1. The fourth-order valence-corrected chi connectivity index (χ4v) is 3.59. The molecule has 0 saturated carbocycles. The lowest BCUT2D eigenvalue weighted by Gasteiger charge is -2.24. The third-order valence-corrected chi connectivity index (χ3v) is 4.55. The van der Waals surface area contributed by atoms with Crippen molar-refractivity contribution < 1.29 is 0 Å². The Kier molecular flexibility index (Phi) is 3.89. The van der Waals surface area contributed by atoms with Crippen molar-refractivity contribution >= 4 is 17.6 Å². The van der Waals surface area contributed by atoms with E-state index in [4.69, 9.17) is 11.5 Å². The number of aromatic nitrogens is 2. The summed E-state index contributed by atoms with van der Waals surface area (Å²) >= 11 is 0. The van der Waals surface area contributed by atoms with Gasteiger partial charge in [-0.15, -0.1) is 0 Å². The Bertz CT molecular complexity index is 501. The first kappa shape index (κ1) is 14.4. The van der Waals surface area contributed by atoms with Crippen LogP contribution >= 0.6 is 0 Å². The highest BCUT2D eigenvalue weighted by molar-refractivity contribution is 5.60. The van der Waals surface area contributed by atoms with Crippen molar-refractivity contribution in [1.29, 1.82) is 0 Å². The molecule has 0 bridgehead atoms. The average molecular weight is 290 g/mol. The van der Waals surface area contributed by atoms with E-state index in [0.717, 1.165) is 37.4 Å². The van der Waals surface area contributed by atoms with Crippen LogP contribution in [0.25, 0.3) is 0 Å². The minimum Gasteiger partial charge on any atom is -0.383 e. The van der Waals surface area contributed by atoms with E-state index in [1.165, 1.54) is 12.8 Å². The van der Waals surface area contributed by atoms with Gasteiger partial charge in [0.2, 0.25) is 5.95 Å². The first-order chi connectivity index (χ1) is 10.0. The van der Waals surface area contributed by atoms with Crippen LogP contribution in [0.1, 0.15) is 32.3 Å². The third-order valence-electron chi connectivity index (χ3n) is 4.55. The maximum absolute atomic E-state index is 6.11. The van der Waals surface area contributed by atoms with Gasteiger partial charge in [0, 0.05) is 24.7 Å². The van der Waals surface area contributed by atoms with Gasteiger partial charge in [0.15, 0.2) is 0 Å². The Balaban J connectivity index is 1.90. The number of anilines is 3. The van der Waals surface area contributed by atoms with Crippen molar-refractivity contribution in [3.05, 3.63) is 5.56 Å². The lowest BCUT2D eigenvalue weighted by molar-refractivity contribution is 0.340. The molecule has 2 saturated heterocycles. The van der Waals surface area contributed by atoms with Crippen molar-refractivity contribution in [2.24, 2.45) is 11.8 Å². The Morgan fingerprint density at radius 1 is 1.29 bits per heavy atom. The van der Waals surface area contributed by atoms with Crippen LogP contribution in [0.3, 0.4) is 0 Å². The smallest absolute Gasteiger partial charge is 0.223 e. The van der Waals surface area contributed by atoms with E-state index in [0.29, 0.717) is 23.7 Å². The number of nitrogens with two attached hydrogens (primary N) is 2. The number of rotatable bonds is 3. The predicted octanol–water partition coefficient (Wildman–Crippen LogP) is 1.03. The summed E-state index contributed by atoms with van der Waals surface area (Å²) in [5, 5.41) is 3.62. The van der Waals surface area contributed by atoms with Crippen molar-refractivity contribution in [2.45, 2.75) is 39.2 Å². The normalized spacial score (nSPS) is 25.4. The number of hydrogen-bond acceptors (Lipinski definition) is 6. The molecule has 0 spiro atoms. The molecule has 2 atom stereocenters. The van der Waals surface area contributed by atoms with Gasteiger partial charge in [-0.2, -0.15) is 9.97 Å². The van der Waals surface area contributed by atoms with Gasteiger partial charge in [-0.25, -0.2) is 0 Å². The number of fused-ring (bicyclic) bond motifs is 1. The van der Waals surface area contributed by atoms with Crippen LogP contribution < -0.4 is 21.7 Å². The summed E-state index contributed by atoms with van der Waals surface area (Å²) in [7, 11) is 0. The molecular weight excluding hydrogens is 264 g/mol. The molecular formula is C15H26N6. The molecule has 6 nitrogen and oxygen atoms in total. The molecule has 5 N–H and O–H groups in total. The highest BCUT2D eigenvalue weighted by atomic mass is 15.3. The van der Waals surface area contributed by atoms with Gasteiger partial charge in [-0.3, -0.25) is 0 Å². The minimum atomic E-state index is 0.276. The summed E-state index contributed by atoms with van der Waals surface area (Å²) in [6.07, 6.45) is 3.45. The summed E-state index contributed by atoms with van der Waals surface area (Å²) in [4.78, 5) is 11.0. The first-order valence-corrected chi connectivity index (χ1v) is 7.94. The Morgan fingerprint density at radius 3 is 2.81 bits per heavy atom. The molecule has 1 aromatic heterocycles. The van der Waals surface area contributed by atoms with E-state index < -0.39 is 0 Å². The molecule has 0 unspecified atom stereocenters. The average Bonchev–Trinajstić information content (AvgIpc) is 2.84. The molecule has 21 heavy (non-hydrogen) atoms. The van der Waals surface area contributed by atoms with Crippen molar-refractivity contribution in [3.8, 4) is 0 Å². The van der Waals surface area contributed by atoms with Gasteiger partial charge in [-0.1, -0.05) is 13.8 Å². The second kappa shape index (κ2) is 5.67. The SMILES string of the molecule is CC(C)Cc1c(N)nc(N)nc1N1C[C@H]2CCCN[C@H]2C1. The topological polar surface area (TPSA) is 93.1 Å². The molecule has 3 heterocycles. The number of piperidine rings is 1. The van der Waals surface area contributed by atoms with E-state index in [2.05, 4.69) is 34.0 Å². The first-order valence-electron chi connectivity index (χ1n) is 7.94. The van der Waals surface area contributed by atoms with Crippen LogP contribution in [-0.4, -0.2) is 35.6 Å². The summed E-state index contributed by atoms with van der Waals surface area (Å²) in [6.45, 7) is 7.53. The molecule has 2 aliphatic rings. The molecule has 116 valence electrons. The monoisotopic (exact) mass is 290 g/mol. The van der Waals surface area contributed by atoms with Crippen LogP contribution in [0, 0.1) is 11.8 Å². The fraction of sp³-hybridized carbons (Fsp3) is 0.733. The third kappa shape index (κ3) is 2.90. The molecule has 2 aliphatic heterocycles. The Morgan fingerprint density at radius 2 is 2.10 bits per heavy atom. The number of nitrogens with zero attached hydrogens (tertiary/aromatic N) is 3. The van der Waals surface area contributed by atoms with Crippen LogP contribution in [0.4, 0.5) is 17.6 Å². The van der Waals surface area contributed by atoms with E-state index in [1.54, 1.807) is 0 Å². The molecule has 6 heteroatoms. The van der Waals surface area contributed by atoms with Crippen LogP contribution in [0.15, 0.2) is 0 Å². The second-order valence-corrected chi connectivity index (χ2v) is 6.74. The van der Waals surface area contributed by atoms with Crippen molar-refractivity contribution in [2.75, 3.05) is 36.0 Å². The molecule has 0 amide bonds. The van der Waals surface area contributed by atoms with Gasteiger partial charge < -0.3 is 21.7 Å². The molecule has 2 fully saturated rings. The van der Waals surface area contributed by atoms with Crippen molar-refractivity contribution in [3.63, 3.8) is 0 Å². The van der Waals surface area contributed by atoms with E-state index in [9.17, 15) is 0 Å². The highest BCUT2D eigenvalue weighted by Gasteiger charge is 2.36. The lowest BCUT2D eigenvalue weighted by atomic mass is 9.94. The van der Waals surface area contributed by atoms with Crippen LogP contribution in [0.5, 0.6) is 0 Å². The summed E-state index contributed by atoms with van der Waals surface area (Å²) < 4.78 is 0. The van der Waals surface area contributed by atoms with Gasteiger partial charge in [0.25, 0.3) is 0 Å². The maximum Gasteiger partial charge on any atom is 0.223 e. The Labute approximate surface area is 126 Å². The summed E-state index contributed by atoms with van der Waals surface area (Å²) in [6, 6.07) is 0.572. The van der Waals surface area contributed by atoms with Gasteiger partial charge in [-0.05, 0) is 37.6 Å². The van der Waals surface area contributed by atoms with Gasteiger partial charge in [0.05, 0.1) is 0 Å². The number of nitrogen functional groups attached to an aromatic ring is 2. The summed E-state index contributed by atoms with van der Waals surface area (Å²) in [5.41, 5.74) is 13.0. The van der Waals surface area contributed by atoms with E-state index in [-0.39, 0.29) is 5.95 Å². The fourth-order valence-electron chi connectivity index (χ4n) is 3.59. The molecule has 0 radical (unpaired) electrons. The molecule has 3 rings (SSSR count). The van der Waals surface area contributed by atoms with E-state index in [1.807, 2.05) is 0 Å². The molecule has 0 aliphatic carbocycles. The standard InChI is InChI=1S/C15H26N6/c1-9(2)6-11-13(16)19-15(17)20-14(11)21-7-10-4-3-5-18-12(10)8-21/h9-10,12,18H,3-8H2,1-2H3,(H4,16,17,19,20)/t10-,12+/m1/s1. The zero-order valence-electron chi connectivity index (χ0n) is 13.0. The van der Waals surface area contributed by atoms with E-state index >= 15 is 0 Å². The predicted molar refractivity (Wildman–Crippen MR) is 86.1 cm³/mol. The largest absolute Gasteiger partial charge is 0.383 e. The van der Waals surface area contributed by atoms with Gasteiger partial charge >= 0.3 is 0 Å². The molecule has 1 aromatic rings. The number of hydrogen-bond donors (Lipinski definition) is 3. The van der Waals surface area contributed by atoms with Crippen LogP contribution in [0.2, 0.25) is 0 Å². The maximum atomic E-state index is 6.11. The Hall–Kier alpha value is -1.56. The zero-order chi connectivity index (χ0) is 15.0. The van der Waals surface area contributed by atoms with Crippen LogP contribution in [-0.2, 0) is 6.42 Å². The zero-order valence-corrected chi connectivity index (χ0v) is 13.0. The quantitative estimate of drug-likeness (QED) is 0.770. The van der Waals surface area contributed by atoms with Gasteiger partial charge in [0.1, 0.15) is 11.6 Å². The minimum absolute atomic E-state index is 0.276. The highest BCUT2D eigenvalue weighted by Crippen LogP contribution is 2.33.